The molecule has 2 aromatic carbocycles. The van der Waals surface area contributed by atoms with Crippen molar-refractivity contribution >= 4 is 29.3 Å². The molecule has 1 aliphatic heterocycles. The summed E-state index contributed by atoms with van der Waals surface area (Å²) in [5.41, 5.74) is 8.77. The van der Waals surface area contributed by atoms with Crippen LogP contribution in [0.3, 0.4) is 0 Å². The summed E-state index contributed by atoms with van der Waals surface area (Å²) in [7, 11) is 0. The van der Waals surface area contributed by atoms with Crippen LogP contribution in [0.4, 0.5) is 17.5 Å². The van der Waals surface area contributed by atoms with Crippen molar-refractivity contribution in [1.29, 1.82) is 0 Å². The summed E-state index contributed by atoms with van der Waals surface area (Å²) in [6.45, 7) is 7.62. The number of rotatable bonds is 7. The first-order valence-electron chi connectivity index (χ1n) is 13.5. The molecule has 4 N–H and O–H groups in total. The van der Waals surface area contributed by atoms with Gasteiger partial charge >= 0.3 is 0 Å². The maximum absolute atomic E-state index is 13.0. The van der Waals surface area contributed by atoms with Crippen molar-refractivity contribution in [2.45, 2.75) is 45.1 Å². The second-order valence-corrected chi connectivity index (χ2v) is 11.0. The molecule has 2 aromatic heterocycles. The van der Waals surface area contributed by atoms with Gasteiger partial charge in [0.15, 0.2) is 17.3 Å². The lowest BCUT2D eigenvalue weighted by atomic mass is 9.86. The molecule has 2 amide bonds. The van der Waals surface area contributed by atoms with E-state index in [1.807, 2.05) is 53.4 Å². The second-order valence-electron chi connectivity index (χ2n) is 11.0. The van der Waals surface area contributed by atoms with E-state index in [9.17, 15) is 9.59 Å². The molecule has 41 heavy (non-hydrogen) atoms. The molecule has 1 aliphatic rings. The van der Waals surface area contributed by atoms with Crippen LogP contribution in [-0.4, -0.2) is 56.1 Å². The number of nitrogens with zero attached hydrogens (tertiary/aromatic N) is 6. The highest BCUT2D eigenvalue weighted by molar-refractivity contribution is 5.96. The number of hydrogen-bond acceptors (Lipinski definition) is 9. The standard InChI is InChI=1S/C30H33N9O2/c1-30(2,3)21-12-10-19(11-13-21)28(41)35-23-9-5-16-39(18-23)29-36-27(24(25(31)40)37-38-29)34-22-8-4-7-20(17-22)26-32-14-6-15-33-26/h4,6-8,10-15,17,23H,5,9,16,18H2,1-3H3,(H2,31,40)(H,35,41)(H,34,36,38). The van der Waals surface area contributed by atoms with Crippen molar-refractivity contribution in [2.24, 2.45) is 5.73 Å². The van der Waals surface area contributed by atoms with Gasteiger partial charge in [-0.1, -0.05) is 45.0 Å². The minimum Gasteiger partial charge on any atom is -0.364 e. The number of amides is 2. The number of benzene rings is 2. The van der Waals surface area contributed by atoms with Crippen LogP contribution in [0.15, 0.2) is 67.0 Å². The molecule has 0 saturated carbocycles. The summed E-state index contributed by atoms with van der Waals surface area (Å²) in [6, 6.07) is 16.8. The first-order valence-corrected chi connectivity index (χ1v) is 13.5. The van der Waals surface area contributed by atoms with Gasteiger partial charge in [0.25, 0.3) is 11.8 Å². The fraction of sp³-hybridized carbons (Fsp3) is 0.300. The molecule has 0 aliphatic carbocycles. The van der Waals surface area contributed by atoms with E-state index in [0.29, 0.717) is 36.1 Å². The van der Waals surface area contributed by atoms with Gasteiger partial charge in [-0.2, -0.15) is 4.98 Å². The zero-order valence-corrected chi connectivity index (χ0v) is 23.3. The molecular formula is C30H33N9O2. The monoisotopic (exact) mass is 551 g/mol. The highest BCUT2D eigenvalue weighted by Crippen LogP contribution is 2.25. The quantitative estimate of drug-likeness (QED) is 0.311. The number of piperidine rings is 1. The average Bonchev–Trinajstić information content (AvgIpc) is 2.97. The van der Waals surface area contributed by atoms with Gasteiger partial charge < -0.3 is 21.3 Å². The first kappa shape index (κ1) is 27.6. The van der Waals surface area contributed by atoms with Gasteiger partial charge in [0.05, 0.1) is 0 Å². The number of carbonyl (C=O) groups excluding carboxylic acids is 2. The Kier molecular flexibility index (Phi) is 7.86. The van der Waals surface area contributed by atoms with Gasteiger partial charge in [0.2, 0.25) is 5.95 Å². The Bertz CT molecular complexity index is 1540. The molecule has 11 nitrogen and oxygen atoms in total. The Morgan fingerprint density at radius 2 is 1.76 bits per heavy atom. The second kappa shape index (κ2) is 11.7. The number of anilines is 3. The lowest BCUT2D eigenvalue weighted by Gasteiger charge is -2.33. The van der Waals surface area contributed by atoms with Gasteiger partial charge in [-0.25, -0.2) is 9.97 Å². The zero-order valence-electron chi connectivity index (χ0n) is 23.3. The largest absolute Gasteiger partial charge is 0.364 e. The van der Waals surface area contributed by atoms with Crippen molar-refractivity contribution in [2.75, 3.05) is 23.3 Å². The van der Waals surface area contributed by atoms with Gasteiger partial charge in [-0.05, 0) is 54.2 Å². The van der Waals surface area contributed by atoms with Crippen LogP contribution in [0.25, 0.3) is 11.4 Å². The predicted octanol–water partition coefficient (Wildman–Crippen LogP) is 3.87. The number of primary amides is 1. The Labute approximate surface area is 238 Å². The number of aromatic nitrogens is 5. The summed E-state index contributed by atoms with van der Waals surface area (Å²) in [5.74, 6) is 0.236. The van der Waals surface area contributed by atoms with Crippen LogP contribution in [0, 0.1) is 0 Å². The molecular weight excluding hydrogens is 518 g/mol. The van der Waals surface area contributed by atoms with Gasteiger partial charge in [0.1, 0.15) is 0 Å². The van der Waals surface area contributed by atoms with Crippen LogP contribution in [0.2, 0.25) is 0 Å². The third-order valence-electron chi connectivity index (χ3n) is 6.91. The summed E-state index contributed by atoms with van der Waals surface area (Å²) in [6.07, 6.45) is 5.00. The summed E-state index contributed by atoms with van der Waals surface area (Å²) in [4.78, 5) is 40.3. The van der Waals surface area contributed by atoms with E-state index < -0.39 is 5.91 Å². The molecule has 0 radical (unpaired) electrons. The minimum absolute atomic E-state index is 0.0177. The molecule has 1 saturated heterocycles. The summed E-state index contributed by atoms with van der Waals surface area (Å²) >= 11 is 0. The fourth-order valence-corrected chi connectivity index (χ4v) is 4.69. The lowest BCUT2D eigenvalue weighted by Crippen LogP contribution is -2.48. The lowest BCUT2D eigenvalue weighted by molar-refractivity contribution is 0.0931. The summed E-state index contributed by atoms with van der Waals surface area (Å²) in [5, 5.41) is 14.6. The molecule has 1 fully saturated rings. The molecule has 3 heterocycles. The molecule has 5 rings (SSSR count). The van der Waals surface area contributed by atoms with Crippen LogP contribution in [0.1, 0.15) is 60.0 Å². The minimum atomic E-state index is -0.747. The van der Waals surface area contributed by atoms with E-state index in [0.717, 1.165) is 18.4 Å². The molecule has 4 aromatic rings. The van der Waals surface area contributed by atoms with Crippen molar-refractivity contribution in [1.82, 2.24) is 30.5 Å². The predicted molar refractivity (Wildman–Crippen MR) is 157 cm³/mol. The van der Waals surface area contributed by atoms with Crippen molar-refractivity contribution in [3.63, 3.8) is 0 Å². The molecule has 0 bridgehead atoms. The highest BCUT2D eigenvalue weighted by Gasteiger charge is 2.26. The van der Waals surface area contributed by atoms with Crippen LogP contribution >= 0.6 is 0 Å². The molecule has 11 heteroatoms. The van der Waals surface area contributed by atoms with E-state index in [1.54, 1.807) is 18.5 Å². The smallest absolute Gasteiger partial charge is 0.273 e. The highest BCUT2D eigenvalue weighted by atomic mass is 16.2. The summed E-state index contributed by atoms with van der Waals surface area (Å²) < 4.78 is 0. The average molecular weight is 552 g/mol. The van der Waals surface area contributed by atoms with Crippen molar-refractivity contribution < 1.29 is 9.59 Å². The molecule has 0 spiro atoms. The van der Waals surface area contributed by atoms with Gasteiger partial charge in [-0.3, -0.25) is 9.59 Å². The van der Waals surface area contributed by atoms with Crippen molar-refractivity contribution in [3.8, 4) is 11.4 Å². The Morgan fingerprint density at radius 1 is 1.00 bits per heavy atom. The Morgan fingerprint density at radius 3 is 2.46 bits per heavy atom. The Balaban J connectivity index is 1.31. The molecule has 1 atom stereocenters. The van der Waals surface area contributed by atoms with Crippen LogP contribution in [0.5, 0.6) is 0 Å². The van der Waals surface area contributed by atoms with Gasteiger partial charge in [0, 0.05) is 48.3 Å². The van der Waals surface area contributed by atoms with Crippen LogP contribution in [-0.2, 0) is 5.41 Å². The first-order chi connectivity index (χ1) is 19.7. The number of nitrogens with two attached hydrogens (primary N) is 1. The van der Waals surface area contributed by atoms with E-state index in [-0.39, 0.29) is 28.9 Å². The number of nitrogens with one attached hydrogen (secondary N) is 2. The maximum atomic E-state index is 13.0. The normalized spacial score (nSPS) is 15.3. The van der Waals surface area contributed by atoms with Crippen molar-refractivity contribution in [3.05, 3.63) is 83.8 Å². The topological polar surface area (TPSA) is 152 Å². The third kappa shape index (κ3) is 6.63. The van der Waals surface area contributed by atoms with E-state index >= 15 is 0 Å². The van der Waals surface area contributed by atoms with E-state index in [2.05, 4.69) is 56.6 Å². The third-order valence-corrected chi connectivity index (χ3v) is 6.91. The SMILES string of the molecule is CC(C)(C)c1ccc(C(=O)NC2CCCN(c3nnc(C(N)=O)c(Nc4cccc(-c5ncccn5)c4)n3)C2)cc1. The van der Waals surface area contributed by atoms with E-state index in [4.69, 9.17) is 5.73 Å². The maximum Gasteiger partial charge on any atom is 0.273 e. The Hall–Kier alpha value is -4.93. The molecule has 210 valence electrons. The van der Waals surface area contributed by atoms with Crippen LogP contribution < -0.4 is 21.3 Å². The number of hydrogen-bond donors (Lipinski definition) is 3. The van der Waals surface area contributed by atoms with E-state index in [1.165, 1.54) is 5.56 Å². The zero-order chi connectivity index (χ0) is 29.0. The molecule has 1 unspecified atom stereocenters. The fourth-order valence-electron chi connectivity index (χ4n) is 4.69. The number of carbonyl (C=O) groups is 2. The van der Waals surface area contributed by atoms with Gasteiger partial charge in [-0.15, -0.1) is 10.2 Å².